The summed E-state index contributed by atoms with van der Waals surface area (Å²) >= 11 is 14.1. The molecule has 7 amide bonds. The lowest BCUT2D eigenvalue weighted by molar-refractivity contribution is -0.333. The van der Waals surface area contributed by atoms with Gasteiger partial charge in [0.1, 0.15) is 89.5 Å². The smallest absolute Gasteiger partial charge is 0.330 e. The average Bonchev–Trinajstić information content (AvgIpc) is 0.775. The summed E-state index contributed by atoms with van der Waals surface area (Å²) in [5.74, 6) is -16.0. The number of aliphatic hydroxyl groups excluding tert-OH is 6. The van der Waals surface area contributed by atoms with Crippen LogP contribution < -0.4 is 62.9 Å². The van der Waals surface area contributed by atoms with Crippen molar-refractivity contribution in [1.82, 2.24) is 37.2 Å². The molecule has 0 aliphatic carbocycles. The van der Waals surface area contributed by atoms with E-state index in [9.17, 15) is 75.0 Å². The quantitative estimate of drug-likeness (QED) is 0.0743. The molecule has 33 nitrogen and oxygen atoms in total. The summed E-state index contributed by atoms with van der Waals surface area (Å²) in [5.41, 5.74) is 8.00. The van der Waals surface area contributed by atoms with Gasteiger partial charge in [0.2, 0.25) is 53.4 Å². The van der Waals surface area contributed by atoms with Crippen LogP contribution in [0.3, 0.4) is 0 Å². The summed E-state index contributed by atoms with van der Waals surface area (Å²) in [5, 5.41) is 131. The number of rotatable bonds is 13. The van der Waals surface area contributed by atoms with Crippen LogP contribution in [0.2, 0.25) is 10.0 Å². The zero-order valence-electron chi connectivity index (χ0n) is 54.3. The molecule has 0 radical (unpaired) electrons. The number of benzene rings is 5. The van der Waals surface area contributed by atoms with Gasteiger partial charge < -0.3 is 128 Å². The van der Waals surface area contributed by atoms with Crippen LogP contribution in [0.4, 0.5) is 0 Å². The number of primary amides is 1. The van der Waals surface area contributed by atoms with Crippen molar-refractivity contribution in [1.29, 1.82) is 0 Å². The van der Waals surface area contributed by atoms with E-state index in [1.807, 2.05) is 13.8 Å². The number of likely N-dealkylation sites (N-methyl/N-ethyl adjacent to an activating group) is 1. The van der Waals surface area contributed by atoms with Crippen LogP contribution in [0.5, 0.6) is 46.0 Å². The molecule has 12 unspecified atom stereocenters. The van der Waals surface area contributed by atoms with Crippen molar-refractivity contribution in [3.63, 3.8) is 0 Å². The highest BCUT2D eigenvalue weighted by atomic mass is 35.5. The van der Waals surface area contributed by atoms with Crippen molar-refractivity contribution in [3.8, 4) is 57.1 Å². The molecule has 12 rings (SSSR count). The van der Waals surface area contributed by atoms with Crippen molar-refractivity contribution in [2.24, 2.45) is 17.4 Å². The Morgan fingerprint density at radius 1 is 0.713 bits per heavy atom. The molecule has 2 saturated heterocycles. The molecular weight excluding hydrogens is 1370 g/mol. The standard InChI is InChI=1S/C66H75Cl2N9O24/c1-23(2)12-34(71-5)58(88)76-49-51(83)26-7-10-38(32(67)14-26)97-40-16-28-17-41(55(40)101-65-56(54(86)53(85)42(22-78)99-65)100-44-21-66(4,70)57(87)24(3)96-44)98-39-11-8-27(15-33(39)68)52(84)50-63(93)75-48(64(94)95)31-18-29(79)19-37(81)45(31)30-13-25(6-9-36(30)80)46(60(90)77-50)74-61(91)47(28)73-59(89)35(20-43(69)82)72-62(49)92/h6-11,13-19,23-24,34-35,42,44,46-54,56-57,65,71,78-81,83-87H,12,20-22,70H2,1-5H3,(H2,69,82)(H,72,92)(H,73,89)(H,74,91)(H,75,93)(H,76,88)(H,77,90)(H,94,95)/t24?,34-,35+,42?,44?,46-,47?,48?,49?,50+,51-,52-,53?,54?,56?,57?,65?,66?/m1/s1. The summed E-state index contributed by atoms with van der Waals surface area (Å²) in [6.45, 7) is 5.66. The van der Waals surface area contributed by atoms with Gasteiger partial charge in [0.15, 0.2) is 29.9 Å². The number of carbonyl (C=O) groups excluding carboxylic acids is 7. The Kier molecular flexibility index (Phi) is 22.2. The molecule has 0 spiro atoms. The van der Waals surface area contributed by atoms with Gasteiger partial charge in [-0.2, -0.15) is 0 Å². The van der Waals surface area contributed by atoms with Crippen molar-refractivity contribution in [2.75, 3.05) is 13.7 Å². The molecule has 5 aromatic rings. The van der Waals surface area contributed by atoms with Crippen LogP contribution in [0.15, 0.2) is 78.9 Å². The Morgan fingerprint density at radius 3 is 1.90 bits per heavy atom. The molecule has 7 heterocycles. The number of aliphatic carboxylic acids is 1. The summed E-state index contributed by atoms with van der Waals surface area (Å²) in [7, 11) is 1.47. The lowest BCUT2D eigenvalue weighted by Gasteiger charge is -2.47. The predicted octanol–water partition coefficient (Wildman–Crippen LogP) is 0.106. The molecular formula is C66H75Cl2N9O24. The minimum Gasteiger partial charge on any atom is -0.508 e. The summed E-state index contributed by atoms with van der Waals surface area (Å²) < 4.78 is 38.3. The van der Waals surface area contributed by atoms with Gasteiger partial charge in [-0.25, -0.2) is 4.79 Å². The number of fused-ring (bicyclic) bond motifs is 15. The predicted molar refractivity (Wildman–Crippen MR) is 349 cm³/mol. The number of carboxylic acids is 1. The third-order valence-corrected chi connectivity index (χ3v) is 18.4. The first-order chi connectivity index (χ1) is 47.7. The van der Waals surface area contributed by atoms with Crippen molar-refractivity contribution in [3.05, 3.63) is 117 Å². The molecule has 101 heavy (non-hydrogen) atoms. The van der Waals surface area contributed by atoms with Gasteiger partial charge in [0.05, 0.1) is 41.3 Å². The number of carboxylic acid groups (broad SMARTS) is 1. The normalized spacial score (nSPS) is 29.4. The largest absolute Gasteiger partial charge is 0.508 e. The average molecular weight is 1450 g/mol. The number of phenolic OH excluding ortho intramolecular Hbond substituents is 3. The number of amides is 7. The van der Waals surface area contributed by atoms with E-state index in [4.69, 9.17) is 63.1 Å². The number of carbonyl (C=O) groups is 8. The van der Waals surface area contributed by atoms with Gasteiger partial charge in [-0.05, 0) is 110 Å². The molecule has 35 heteroatoms. The molecule has 21 N–H and O–H groups in total. The summed E-state index contributed by atoms with van der Waals surface area (Å²) in [6, 6.07) is -0.679. The van der Waals surface area contributed by atoms with Crippen LogP contribution in [0, 0.1) is 5.92 Å². The van der Waals surface area contributed by atoms with E-state index in [1.54, 1.807) is 0 Å². The van der Waals surface area contributed by atoms with Gasteiger partial charge in [-0.15, -0.1) is 0 Å². The minimum absolute atomic E-state index is 0.0975. The first-order valence-corrected chi connectivity index (χ1v) is 32.4. The molecule has 5 aromatic carbocycles. The second-order valence-corrected chi connectivity index (χ2v) is 26.5. The lowest BCUT2D eigenvalue weighted by Crippen LogP contribution is -2.64. The lowest BCUT2D eigenvalue weighted by atomic mass is 9.86. The highest BCUT2D eigenvalue weighted by Crippen LogP contribution is 2.50. The zero-order valence-corrected chi connectivity index (χ0v) is 55.8. The molecule has 542 valence electrons. The highest BCUT2D eigenvalue weighted by molar-refractivity contribution is 6.32. The third kappa shape index (κ3) is 15.8. The molecule has 18 atom stereocenters. The second kappa shape index (κ2) is 30.2. The number of hydrogen-bond acceptors (Lipinski definition) is 25. The number of phenols is 3. The van der Waals surface area contributed by atoms with E-state index in [0.29, 0.717) is 0 Å². The fourth-order valence-electron chi connectivity index (χ4n) is 12.5. The van der Waals surface area contributed by atoms with Crippen LogP contribution in [0.25, 0.3) is 11.1 Å². The maximum absolute atomic E-state index is 16.0. The Balaban J connectivity index is 1.24. The number of aromatic hydroxyl groups is 3. The Bertz CT molecular complexity index is 4070. The number of ether oxygens (including phenoxy) is 6. The van der Waals surface area contributed by atoms with E-state index >= 15 is 14.4 Å². The van der Waals surface area contributed by atoms with Crippen LogP contribution >= 0.6 is 23.2 Å². The van der Waals surface area contributed by atoms with Gasteiger partial charge in [0, 0.05) is 34.7 Å². The molecule has 7 aliphatic rings. The molecule has 2 fully saturated rings. The molecule has 0 saturated carbocycles. The zero-order chi connectivity index (χ0) is 73.5. The Morgan fingerprint density at radius 2 is 1.32 bits per heavy atom. The van der Waals surface area contributed by atoms with Gasteiger partial charge in [-0.1, -0.05) is 55.2 Å². The minimum atomic E-state index is -2.35. The molecule has 7 aliphatic heterocycles. The van der Waals surface area contributed by atoms with Crippen LogP contribution in [-0.4, -0.2) is 191 Å². The fourth-order valence-corrected chi connectivity index (χ4v) is 12.9. The first kappa shape index (κ1) is 74.5. The molecule has 0 aromatic heterocycles. The van der Waals surface area contributed by atoms with Crippen molar-refractivity contribution in [2.45, 2.75) is 156 Å². The number of nitrogens with one attached hydrogen (secondary N) is 7. The molecule has 11 bridgehead atoms. The monoisotopic (exact) mass is 1450 g/mol. The number of hydrogen-bond donors (Lipinski definition) is 19. The fraction of sp³-hybridized carbons (Fsp3) is 0.424. The van der Waals surface area contributed by atoms with Crippen LogP contribution in [0.1, 0.15) is 105 Å². The first-order valence-electron chi connectivity index (χ1n) is 31.6. The van der Waals surface area contributed by atoms with E-state index in [-0.39, 0.29) is 46.2 Å². The van der Waals surface area contributed by atoms with E-state index < -0.39 is 237 Å². The number of halogens is 2. The second-order valence-electron chi connectivity index (χ2n) is 25.7. The van der Waals surface area contributed by atoms with Gasteiger partial charge in [0.25, 0.3) is 0 Å². The van der Waals surface area contributed by atoms with Crippen LogP contribution in [-0.2, 0) is 52.6 Å². The SMILES string of the molecule is CN[C@H](CC(C)C)C(=O)NC1C(=O)N[C@@H](CC(N)=O)C(=O)NC2C(=O)N[C@H]3C(=O)N[C@H](C(=O)NC(C(=O)O)c4cc(O)cc(O)c4-c4cc3ccc4O)[C@H](O)c3ccc(c(Cl)c3)Oc3cc2cc(c3OC2OC(CO)C(O)C(O)C2OC2CC(C)(N)C(O)C(C)O2)Oc2ccc(cc2Cl)[C@H]1O. The summed E-state index contributed by atoms with van der Waals surface area (Å²) in [6.07, 6.45) is -18.6. The number of aliphatic hydroxyl groups is 6. The third-order valence-electron chi connectivity index (χ3n) is 17.8. The topological polar surface area (TPSA) is 530 Å². The van der Waals surface area contributed by atoms with E-state index in [0.717, 1.165) is 66.7 Å². The Labute approximate surface area is 584 Å². The maximum atomic E-state index is 16.0. The Hall–Kier alpha value is -9.20. The van der Waals surface area contributed by atoms with Crippen molar-refractivity contribution < 1.29 is 118 Å². The van der Waals surface area contributed by atoms with Gasteiger partial charge >= 0.3 is 5.97 Å². The van der Waals surface area contributed by atoms with Crippen molar-refractivity contribution >= 4 is 70.5 Å². The van der Waals surface area contributed by atoms with E-state index in [2.05, 4.69) is 37.2 Å². The maximum Gasteiger partial charge on any atom is 0.330 e. The summed E-state index contributed by atoms with van der Waals surface area (Å²) in [4.78, 5) is 117. The number of nitrogens with two attached hydrogens (primary N) is 2. The van der Waals surface area contributed by atoms with Gasteiger partial charge in [-0.3, -0.25) is 33.6 Å². The highest BCUT2D eigenvalue weighted by Gasteiger charge is 2.51. The van der Waals surface area contributed by atoms with E-state index in [1.165, 1.54) is 33.0 Å².